The highest BCUT2D eigenvalue weighted by molar-refractivity contribution is 6.74. The zero-order valence-corrected chi connectivity index (χ0v) is 24.9. The molecule has 0 spiro atoms. The predicted molar refractivity (Wildman–Crippen MR) is 149 cm³/mol. The molecular weight excluding hydrogens is 491 g/mol. The van der Waals surface area contributed by atoms with E-state index < -0.39 is 26.6 Å². The van der Waals surface area contributed by atoms with Crippen LogP contribution in [-0.2, 0) is 20.2 Å². The summed E-state index contributed by atoms with van der Waals surface area (Å²) < 4.78 is 20.8. The van der Waals surface area contributed by atoms with E-state index in [0.717, 1.165) is 23.1 Å². The minimum Gasteiger partial charge on any atom is -0.414 e. The van der Waals surface area contributed by atoms with E-state index in [1.54, 1.807) is 4.57 Å². The average Bonchev–Trinajstić information content (AvgIpc) is 3.27. The molecule has 1 aromatic carbocycles. The van der Waals surface area contributed by atoms with Gasteiger partial charge in [0.25, 0.3) is 0 Å². The van der Waals surface area contributed by atoms with E-state index in [0.29, 0.717) is 18.2 Å². The molecule has 4 rings (SSSR count). The third-order valence-electron chi connectivity index (χ3n) is 8.52. The van der Waals surface area contributed by atoms with Gasteiger partial charge in [0.1, 0.15) is 0 Å². The molecular formula is C27H40BClN2O4Si. The largest absolute Gasteiger partial charge is 0.496 e. The van der Waals surface area contributed by atoms with E-state index in [1.807, 2.05) is 69.1 Å². The van der Waals surface area contributed by atoms with Crippen LogP contribution >= 0.6 is 11.6 Å². The number of hydrogen-bond acceptors (Lipinski definition) is 4. The Hall–Kier alpha value is -1.58. The number of fused-ring (bicyclic) bond motifs is 1. The first kappa shape index (κ1) is 27.5. The zero-order valence-electron chi connectivity index (χ0n) is 23.1. The maximum Gasteiger partial charge on any atom is 0.496 e. The second kappa shape index (κ2) is 9.31. The maximum atomic E-state index is 13.9. The standard InChI is InChI=1S/C27H40BClN2O4Si/c1-25(2,3)36(8,9)33-18-23(19-11-10-12-21(29)15-19)30-14-13-22-16-20(17-31(22)24(30)32)28-34-26(4,5)27(6,7)35-28/h10-12,15-17,23H,13-14,18H2,1-9H3/t23-/m1/s1. The van der Waals surface area contributed by atoms with Crippen molar-refractivity contribution >= 4 is 38.5 Å². The lowest BCUT2D eigenvalue weighted by molar-refractivity contribution is 0.00578. The van der Waals surface area contributed by atoms with Crippen LogP contribution in [-0.4, -0.2) is 55.3 Å². The van der Waals surface area contributed by atoms with Gasteiger partial charge in [-0.3, -0.25) is 4.57 Å². The Morgan fingerprint density at radius 1 is 1.14 bits per heavy atom. The van der Waals surface area contributed by atoms with Gasteiger partial charge in [0.05, 0.1) is 23.9 Å². The molecule has 1 fully saturated rings. The van der Waals surface area contributed by atoms with Crippen LogP contribution in [0.5, 0.6) is 0 Å². The SMILES string of the molecule is CC1(C)OB(c2cc3n(c2)C(=O)N([C@H](CO[Si](C)(C)C(C)(C)C)c2cccc(Cl)c2)CC3)OC1(C)C. The summed E-state index contributed by atoms with van der Waals surface area (Å²) in [5.74, 6) is 0. The number of carbonyl (C=O) groups excluding carboxylic acids is 1. The Morgan fingerprint density at radius 2 is 1.78 bits per heavy atom. The van der Waals surface area contributed by atoms with E-state index in [9.17, 15) is 4.79 Å². The van der Waals surface area contributed by atoms with Crippen molar-refractivity contribution in [2.45, 2.75) is 90.3 Å². The fourth-order valence-corrected chi connectivity index (χ4v) is 5.56. The second-order valence-electron chi connectivity index (χ2n) is 12.6. The Bertz CT molecular complexity index is 1130. The molecule has 36 heavy (non-hydrogen) atoms. The third kappa shape index (κ3) is 5.07. The van der Waals surface area contributed by atoms with Crippen LogP contribution in [0.15, 0.2) is 36.5 Å². The van der Waals surface area contributed by atoms with E-state index in [1.165, 1.54) is 0 Å². The topological polar surface area (TPSA) is 52.9 Å². The number of nitrogens with zero attached hydrogens (tertiary/aromatic N) is 2. The van der Waals surface area contributed by atoms with Gasteiger partial charge in [0.2, 0.25) is 0 Å². The summed E-state index contributed by atoms with van der Waals surface area (Å²) in [5.41, 5.74) is 1.95. The second-order valence-corrected chi connectivity index (χ2v) is 17.8. The van der Waals surface area contributed by atoms with E-state index in [-0.39, 0.29) is 17.1 Å². The first-order chi connectivity index (χ1) is 16.5. The van der Waals surface area contributed by atoms with E-state index in [4.69, 9.17) is 25.3 Å². The van der Waals surface area contributed by atoms with Crippen LogP contribution in [0.1, 0.15) is 65.8 Å². The van der Waals surface area contributed by atoms with Gasteiger partial charge in [0, 0.05) is 35.3 Å². The minimum atomic E-state index is -2.02. The molecule has 1 atom stereocenters. The summed E-state index contributed by atoms with van der Waals surface area (Å²) in [4.78, 5) is 15.8. The van der Waals surface area contributed by atoms with Crippen LogP contribution in [0.3, 0.4) is 0 Å². The fourth-order valence-electron chi connectivity index (χ4n) is 4.35. The summed E-state index contributed by atoms with van der Waals surface area (Å²) in [5, 5.41) is 0.724. The molecule has 6 nitrogen and oxygen atoms in total. The van der Waals surface area contributed by atoms with E-state index >= 15 is 0 Å². The fraction of sp³-hybridized carbons (Fsp3) is 0.593. The highest BCUT2D eigenvalue weighted by Gasteiger charge is 2.52. The molecule has 1 saturated heterocycles. The van der Waals surface area contributed by atoms with Gasteiger partial charge in [-0.1, -0.05) is 44.5 Å². The summed E-state index contributed by atoms with van der Waals surface area (Å²) in [6, 6.07) is 9.50. The lowest BCUT2D eigenvalue weighted by Crippen LogP contribution is -2.47. The Morgan fingerprint density at radius 3 is 2.36 bits per heavy atom. The number of benzene rings is 1. The number of amides is 1. The van der Waals surface area contributed by atoms with Crippen molar-refractivity contribution in [2.75, 3.05) is 13.2 Å². The molecule has 1 aromatic heterocycles. The smallest absolute Gasteiger partial charge is 0.414 e. The first-order valence-electron chi connectivity index (χ1n) is 12.8. The number of carbonyl (C=O) groups is 1. The summed E-state index contributed by atoms with van der Waals surface area (Å²) >= 11 is 6.36. The maximum absolute atomic E-state index is 13.9. The lowest BCUT2D eigenvalue weighted by Gasteiger charge is -2.40. The number of aromatic nitrogens is 1. The zero-order chi connectivity index (χ0) is 26.7. The molecule has 2 aliphatic heterocycles. The molecule has 196 valence electrons. The van der Waals surface area contributed by atoms with Crippen LogP contribution in [0.2, 0.25) is 23.2 Å². The summed E-state index contributed by atoms with van der Waals surface area (Å²) in [6.07, 6.45) is 2.61. The molecule has 1 amide bonds. The van der Waals surface area contributed by atoms with E-state index in [2.05, 4.69) is 33.9 Å². The molecule has 0 aliphatic carbocycles. The Balaban J connectivity index is 1.62. The summed E-state index contributed by atoms with van der Waals surface area (Å²) in [7, 11) is -2.52. The molecule has 0 bridgehead atoms. The van der Waals surface area contributed by atoms with Crippen LogP contribution in [0, 0.1) is 0 Å². The van der Waals surface area contributed by atoms with Gasteiger partial charge in [-0.2, -0.15) is 0 Å². The molecule has 9 heteroatoms. The van der Waals surface area contributed by atoms with Crippen molar-refractivity contribution in [3.8, 4) is 0 Å². The molecule has 0 unspecified atom stereocenters. The summed E-state index contributed by atoms with van der Waals surface area (Å²) in [6.45, 7) is 20.3. The van der Waals surface area contributed by atoms with Gasteiger partial charge in [-0.15, -0.1) is 0 Å². The van der Waals surface area contributed by atoms with Crippen molar-refractivity contribution in [1.29, 1.82) is 0 Å². The predicted octanol–water partition coefficient (Wildman–Crippen LogP) is 6.03. The van der Waals surface area contributed by atoms with Crippen molar-refractivity contribution in [3.63, 3.8) is 0 Å². The lowest BCUT2D eigenvalue weighted by atomic mass is 9.81. The van der Waals surface area contributed by atoms with Crippen LogP contribution in [0.25, 0.3) is 0 Å². The van der Waals surface area contributed by atoms with Crippen LogP contribution in [0.4, 0.5) is 4.79 Å². The number of hydrogen-bond donors (Lipinski definition) is 0. The normalized spacial score (nSPS) is 20.6. The first-order valence-corrected chi connectivity index (χ1v) is 16.1. The quantitative estimate of drug-likeness (QED) is 0.428. The van der Waals surface area contributed by atoms with Gasteiger partial charge in [-0.05, 0) is 69.6 Å². The molecule has 0 saturated carbocycles. The van der Waals surface area contributed by atoms with Gasteiger partial charge in [0.15, 0.2) is 8.32 Å². The molecule has 2 aromatic rings. The van der Waals surface area contributed by atoms with Crippen molar-refractivity contribution in [2.24, 2.45) is 0 Å². The molecule has 0 N–H and O–H groups in total. The number of rotatable bonds is 6. The minimum absolute atomic E-state index is 0.0668. The molecule has 2 aliphatic rings. The Labute approximate surface area is 222 Å². The Kier molecular flexibility index (Phi) is 7.10. The van der Waals surface area contributed by atoms with Crippen molar-refractivity contribution in [1.82, 2.24) is 9.47 Å². The highest BCUT2D eigenvalue weighted by atomic mass is 35.5. The van der Waals surface area contributed by atoms with Crippen molar-refractivity contribution in [3.05, 3.63) is 52.8 Å². The van der Waals surface area contributed by atoms with Crippen molar-refractivity contribution < 1.29 is 18.5 Å². The van der Waals surface area contributed by atoms with Gasteiger partial charge in [-0.25, -0.2) is 4.79 Å². The monoisotopic (exact) mass is 530 g/mol. The van der Waals surface area contributed by atoms with Gasteiger partial charge < -0.3 is 18.6 Å². The molecule has 3 heterocycles. The highest BCUT2D eigenvalue weighted by Crippen LogP contribution is 2.39. The third-order valence-corrected chi connectivity index (χ3v) is 13.3. The molecule has 0 radical (unpaired) electrons. The van der Waals surface area contributed by atoms with Gasteiger partial charge >= 0.3 is 13.1 Å². The van der Waals surface area contributed by atoms with Crippen LogP contribution < -0.4 is 5.46 Å². The average molecular weight is 531 g/mol. The number of halogens is 1.